The molecule has 1 aromatic rings. The van der Waals surface area contributed by atoms with Gasteiger partial charge in [0, 0.05) is 0 Å². The lowest BCUT2D eigenvalue weighted by Crippen LogP contribution is -2.25. The van der Waals surface area contributed by atoms with Gasteiger partial charge in [-0.1, -0.05) is 30.3 Å². The maximum absolute atomic E-state index is 11.4. The van der Waals surface area contributed by atoms with Gasteiger partial charge in [-0.3, -0.25) is 4.79 Å². The molecule has 0 heterocycles. The lowest BCUT2D eigenvalue weighted by atomic mass is 9.86. The highest BCUT2D eigenvalue weighted by atomic mass is 35.5. The molecule has 1 aliphatic rings. The molecule has 0 amide bonds. The average Bonchev–Trinajstić information content (AvgIpc) is 2.57. The molecule has 1 nitrogen and oxygen atoms in total. The van der Waals surface area contributed by atoms with Crippen LogP contribution in [0.25, 0.3) is 0 Å². The van der Waals surface area contributed by atoms with E-state index in [1.54, 1.807) is 6.08 Å². The van der Waals surface area contributed by atoms with E-state index in [4.69, 9.17) is 11.6 Å². The van der Waals surface area contributed by atoms with Crippen LogP contribution in [-0.4, -0.2) is 5.24 Å². The van der Waals surface area contributed by atoms with Crippen LogP contribution in [0.3, 0.4) is 0 Å². The van der Waals surface area contributed by atoms with Gasteiger partial charge in [-0.25, -0.2) is 0 Å². The summed E-state index contributed by atoms with van der Waals surface area (Å²) in [5.74, 6) is 0. The lowest BCUT2D eigenvalue weighted by molar-refractivity contribution is -0.117. The first-order valence-corrected chi connectivity index (χ1v) is 4.96. The molecule has 1 aromatic carbocycles. The molecule has 72 valence electrons. The molecule has 0 bridgehead atoms. The third-order valence-electron chi connectivity index (χ3n) is 2.91. The summed E-state index contributed by atoms with van der Waals surface area (Å²) in [4.78, 5) is 11.4. The molecule has 1 aliphatic carbocycles. The Hall–Kier alpha value is -1.08. The van der Waals surface area contributed by atoms with Crippen molar-refractivity contribution in [3.63, 3.8) is 0 Å². The summed E-state index contributed by atoms with van der Waals surface area (Å²) >= 11 is 5.62. The van der Waals surface area contributed by atoms with Crippen molar-refractivity contribution in [3.05, 3.63) is 48.0 Å². The molecule has 2 heteroatoms. The fourth-order valence-electron chi connectivity index (χ4n) is 2.01. The number of hydrogen-bond donors (Lipinski definition) is 0. The van der Waals surface area contributed by atoms with Crippen LogP contribution in [0.15, 0.2) is 36.9 Å². The second kappa shape index (κ2) is 3.25. The highest BCUT2D eigenvalue weighted by molar-refractivity contribution is 6.65. The molecule has 0 unspecified atom stereocenters. The lowest BCUT2D eigenvalue weighted by Gasteiger charge is -2.18. The van der Waals surface area contributed by atoms with E-state index >= 15 is 0 Å². The Labute approximate surface area is 88.4 Å². The van der Waals surface area contributed by atoms with Gasteiger partial charge in [0.2, 0.25) is 5.24 Å². The third kappa shape index (κ3) is 1.28. The third-order valence-corrected chi connectivity index (χ3v) is 3.29. The SMILES string of the molecule is C=CC1(C(=O)Cl)Cc2ccccc2C1. The van der Waals surface area contributed by atoms with E-state index in [0.29, 0.717) is 12.8 Å². The summed E-state index contributed by atoms with van der Waals surface area (Å²) in [5, 5.41) is -0.302. The summed E-state index contributed by atoms with van der Waals surface area (Å²) in [6, 6.07) is 8.05. The summed E-state index contributed by atoms with van der Waals surface area (Å²) in [6.07, 6.45) is 3.06. The minimum atomic E-state index is -0.564. The minimum absolute atomic E-state index is 0.302. The van der Waals surface area contributed by atoms with E-state index < -0.39 is 5.41 Å². The molecule has 0 N–H and O–H groups in total. The molecule has 0 radical (unpaired) electrons. The Morgan fingerprint density at radius 3 is 2.21 bits per heavy atom. The highest BCUT2D eigenvalue weighted by Gasteiger charge is 2.39. The molecular weight excluding hydrogens is 196 g/mol. The summed E-state index contributed by atoms with van der Waals surface area (Å²) in [5.41, 5.74) is 1.86. The Morgan fingerprint density at radius 2 is 1.86 bits per heavy atom. The van der Waals surface area contributed by atoms with Crippen LogP contribution in [0.5, 0.6) is 0 Å². The van der Waals surface area contributed by atoms with E-state index in [1.165, 1.54) is 11.1 Å². The van der Waals surface area contributed by atoms with Crippen LogP contribution in [0.4, 0.5) is 0 Å². The van der Waals surface area contributed by atoms with Crippen LogP contribution in [0.2, 0.25) is 0 Å². The summed E-state index contributed by atoms with van der Waals surface area (Å²) in [6.45, 7) is 3.71. The van der Waals surface area contributed by atoms with E-state index in [2.05, 4.69) is 6.58 Å². The Balaban J connectivity index is 2.42. The zero-order chi connectivity index (χ0) is 10.2. The van der Waals surface area contributed by atoms with Crippen molar-refractivity contribution in [1.82, 2.24) is 0 Å². The second-order valence-corrected chi connectivity index (χ2v) is 4.10. The molecule has 0 aromatic heterocycles. The number of benzene rings is 1. The van der Waals surface area contributed by atoms with Crippen molar-refractivity contribution in [3.8, 4) is 0 Å². The van der Waals surface area contributed by atoms with Crippen LogP contribution >= 0.6 is 11.6 Å². The number of carbonyl (C=O) groups excluding carboxylic acids is 1. The molecule has 0 saturated carbocycles. The van der Waals surface area contributed by atoms with Gasteiger partial charge in [0.1, 0.15) is 0 Å². The molecule has 0 atom stereocenters. The standard InChI is InChI=1S/C12H11ClO/c1-2-12(11(13)14)7-9-5-3-4-6-10(9)8-12/h2-6H,1,7-8H2. The van der Waals surface area contributed by atoms with Crippen molar-refractivity contribution in [2.24, 2.45) is 5.41 Å². The number of fused-ring (bicyclic) bond motifs is 1. The number of rotatable bonds is 2. The van der Waals surface area contributed by atoms with Gasteiger partial charge in [0.05, 0.1) is 5.41 Å². The fourth-order valence-corrected chi connectivity index (χ4v) is 2.22. The first-order chi connectivity index (χ1) is 6.68. The maximum Gasteiger partial charge on any atom is 0.232 e. The summed E-state index contributed by atoms with van der Waals surface area (Å²) in [7, 11) is 0. The first kappa shape index (κ1) is 9.47. The normalized spacial score (nSPS) is 17.5. The number of halogens is 1. The molecule has 14 heavy (non-hydrogen) atoms. The topological polar surface area (TPSA) is 17.1 Å². The van der Waals surface area contributed by atoms with E-state index in [0.717, 1.165) is 0 Å². The first-order valence-electron chi connectivity index (χ1n) is 4.58. The molecule has 0 aliphatic heterocycles. The quantitative estimate of drug-likeness (QED) is 0.537. The van der Waals surface area contributed by atoms with Crippen molar-refractivity contribution in [2.75, 3.05) is 0 Å². The van der Waals surface area contributed by atoms with Crippen molar-refractivity contribution < 1.29 is 4.79 Å². The average molecular weight is 207 g/mol. The highest BCUT2D eigenvalue weighted by Crippen LogP contribution is 2.39. The van der Waals surface area contributed by atoms with Gasteiger partial charge in [-0.15, -0.1) is 6.58 Å². The van der Waals surface area contributed by atoms with Gasteiger partial charge in [0.15, 0.2) is 0 Å². The monoisotopic (exact) mass is 206 g/mol. The van der Waals surface area contributed by atoms with Gasteiger partial charge >= 0.3 is 0 Å². The minimum Gasteiger partial charge on any atom is -0.280 e. The second-order valence-electron chi connectivity index (χ2n) is 3.76. The summed E-state index contributed by atoms with van der Waals surface area (Å²) < 4.78 is 0. The zero-order valence-corrected chi connectivity index (χ0v) is 8.55. The maximum atomic E-state index is 11.4. The van der Waals surface area contributed by atoms with E-state index in [-0.39, 0.29) is 5.24 Å². The molecular formula is C12H11ClO. The van der Waals surface area contributed by atoms with E-state index in [9.17, 15) is 4.79 Å². The Morgan fingerprint density at radius 1 is 1.36 bits per heavy atom. The van der Waals surface area contributed by atoms with Crippen LogP contribution in [-0.2, 0) is 17.6 Å². The Bertz CT molecular complexity index is 370. The van der Waals surface area contributed by atoms with Gasteiger partial charge in [0.25, 0.3) is 0 Å². The number of allylic oxidation sites excluding steroid dienone is 1. The predicted octanol–water partition coefficient (Wildman–Crippen LogP) is 2.72. The van der Waals surface area contributed by atoms with Crippen LogP contribution in [0.1, 0.15) is 11.1 Å². The van der Waals surface area contributed by atoms with Crippen LogP contribution < -0.4 is 0 Å². The molecule has 2 rings (SSSR count). The van der Waals surface area contributed by atoms with Crippen molar-refractivity contribution >= 4 is 16.8 Å². The van der Waals surface area contributed by atoms with Crippen LogP contribution in [0, 0.1) is 5.41 Å². The van der Waals surface area contributed by atoms with Gasteiger partial charge in [-0.2, -0.15) is 0 Å². The van der Waals surface area contributed by atoms with Gasteiger partial charge < -0.3 is 0 Å². The molecule has 0 saturated heterocycles. The Kier molecular flexibility index (Phi) is 2.20. The van der Waals surface area contributed by atoms with E-state index in [1.807, 2.05) is 24.3 Å². The zero-order valence-electron chi connectivity index (χ0n) is 7.79. The van der Waals surface area contributed by atoms with Gasteiger partial charge in [-0.05, 0) is 35.6 Å². The number of hydrogen-bond acceptors (Lipinski definition) is 1. The fraction of sp³-hybridized carbons (Fsp3) is 0.250. The predicted molar refractivity (Wildman–Crippen MR) is 57.3 cm³/mol. The molecule has 0 fully saturated rings. The van der Waals surface area contributed by atoms with Crippen molar-refractivity contribution in [2.45, 2.75) is 12.8 Å². The largest absolute Gasteiger partial charge is 0.280 e. The van der Waals surface area contributed by atoms with Crippen molar-refractivity contribution in [1.29, 1.82) is 0 Å². The number of carbonyl (C=O) groups is 1. The molecule has 0 spiro atoms. The smallest absolute Gasteiger partial charge is 0.232 e.